The van der Waals surface area contributed by atoms with Gasteiger partial charge in [0, 0.05) is 32.7 Å². The van der Waals surface area contributed by atoms with Crippen LogP contribution in [0.4, 0.5) is 0 Å². The van der Waals surface area contributed by atoms with Crippen LogP contribution in [0.15, 0.2) is 0 Å². The fourth-order valence-electron chi connectivity index (χ4n) is 2.01. The molecule has 0 aromatic heterocycles. The molecule has 0 aliphatic carbocycles. The van der Waals surface area contributed by atoms with E-state index in [9.17, 15) is 4.79 Å². The van der Waals surface area contributed by atoms with E-state index in [1.54, 1.807) is 6.92 Å². The number of ether oxygens (including phenoxy) is 3. The van der Waals surface area contributed by atoms with Gasteiger partial charge in [-0.1, -0.05) is 0 Å². The van der Waals surface area contributed by atoms with Gasteiger partial charge >= 0.3 is 5.97 Å². The van der Waals surface area contributed by atoms with E-state index in [1.165, 1.54) is 0 Å². The van der Waals surface area contributed by atoms with Gasteiger partial charge in [0.2, 0.25) is 0 Å². The lowest BCUT2D eigenvalue weighted by Gasteiger charge is -2.33. The fraction of sp³-hybridized carbons (Fsp3) is 0.929. The summed E-state index contributed by atoms with van der Waals surface area (Å²) >= 11 is 0. The molecule has 0 heterocycles. The second-order valence-corrected chi connectivity index (χ2v) is 4.26. The Balaban J connectivity index is 4.45. The first-order valence-corrected chi connectivity index (χ1v) is 7.18. The Hall–Kier alpha value is -0.650. The van der Waals surface area contributed by atoms with Crippen LogP contribution in [0.2, 0.25) is 0 Å². The Morgan fingerprint density at radius 2 is 1.63 bits per heavy atom. The van der Waals surface area contributed by atoms with E-state index in [0.29, 0.717) is 39.1 Å². The minimum atomic E-state index is -0.731. The van der Waals surface area contributed by atoms with Crippen molar-refractivity contribution in [1.82, 2.24) is 0 Å². The van der Waals surface area contributed by atoms with Gasteiger partial charge < -0.3 is 19.3 Å². The molecular weight excluding hydrogens is 248 g/mol. The van der Waals surface area contributed by atoms with Gasteiger partial charge in [0.05, 0.1) is 13.0 Å². The summed E-state index contributed by atoms with van der Waals surface area (Å²) in [4.78, 5) is 11.5. The van der Waals surface area contributed by atoms with Crippen molar-refractivity contribution in [2.45, 2.75) is 58.7 Å². The molecule has 5 heteroatoms. The van der Waals surface area contributed by atoms with Crippen molar-refractivity contribution in [3.05, 3.63) is 0 Å². The number of aliphatic hydroxyl groups is 1. The molecule has 0 aliphatic rings. The molecule has 1 N–H and O–H groups in total. The van der Waals surface area contributed by atoms with Crippen LogP contribution >= 0.6 is 0 Å². The molecule has 0 saturated carbocycles. The maximum atomic E-state index is 11.5. The number of aliphatic hydroxyl groups excluding tert-OH is 1. The average molecular weight is 276 g/mol. The topological polar surface area (TPSA) is 65.0 Å². The minimum Gasteiger partial charge on any atom is -0.466 e. The number of carbonyl (C=O) groups excluding carboxylic acids is 1. The molecule has 0 aromatic carbocycles. The van der Waals surface area contributed by atoms with Crippen molar-refractivity contribution in [3.63, 3.8) is 0 Å². The van der Waals surface area contributed by atoms with Gasteiger partial charge in [0.15, 0.2) is 5.79 Å². The summed E-state index contributed by atoms with van der Waals surface area (Å²) < 4.78 is 16.4. The van der Waals surface area contributed by atoms with Crippen LogP contribution in [0.5, 0.6) is 0 Å². The van der Waals surface area contributed by atoms with Crippen LogP contribution in [0.1, 0.15) is 52.9 Å². The van der Waals surface area contributed by atoms with Gasteiger partial charge in [-0.15, -0.1) is 0 Å². The molecule has 0 aliphatic heterocycles. The molecule has 0 fully saturated rings. The van der Waals surface area contributed by atoms with Crippen LogP contribution in [0, 0.1) is 0 Å². The predicted molar refractivity (Wildman–Crippen MR) is 72.8 cm³/mol. The third-order valence-electron chi connectivity index (χ3n) is 2.80. The lowest BCUT2D eigenvalue weighted by Crippen LogP contribution is -2.37. The Bertz CT molecular complexity index is 224. The van der Waals surface area contributed by atoms with Gasteiger partial charge in [0.1, 0.15) is 0 Å². The predicted octanol–water partition coefficient (Wildman–Crippen LogP) is 2.26. The third-order valence-corrected chi connectivity index (χ3v) is 2.80. The van der Waals surface area contributed by atoms with Crippen molar-refractivity contribution in [2.24, 2.45) is 0 Å². The zero-order chi connectivity index (χ0) is 14.6. The van der Waals surface area contributed by atoms with Gasteiger partial charge in [-0.2, -0.15) is 0 Å². The number of unbranched alkanes of at least 4 members (excludes halogenated alkanes) is 1. The highest BCUT2D eigenvalue weighted by molar-refractivity contribution is 5.69. The lowest BCUT2D eigenvalue weighted by molar-refractivity contribution is -0.242. The highest BCUT2D eigenvalue weighted by Crippen LogP contribution is 2.27. The smallest absolute Gasteiger partial charge is 0.305 e. The standard InChI is InChI=1S/C14H28O5/c1-4-17-13(16)9-11-14(18-5-2,19-6-3)10-7-8-12-15/h15H,4-12H2,1-3H3. The first-order valence-electron chi connectivity index (χ1n) is 7.18. The van der Waals surface area contributed by atoms with Crippen molar-refractivity contribution in [1.29, 1.82) is 0 Å². The first-order chi connectivity index (χ1) is 9.14. The van der Waals surface area contributed by atoms with Gasteiger partial charge in [0.25, 0.3) is 0 Å². The van der Waals surface area contributed by atoms with E-state index >= 15 is 0 Å². The Labute approximate surface area is 116 Å². The summed E-state index contributed by atoms with van der Waals surface area (Å²) in [6, 6.07) is 0. The normalized spacial score (nSPS) is 11.6. The molecule has 0 saturated heterocycles. The largest absolute Gasteiger partial charge is 0.466 e. The molecular formula is C14H28O5. The van der Waals surface area contributed by atoms with E-state index in [0.717, 1.165) is 6.42 Å². The van der Waals surface area contributed by atoms with Gasteiger partial charge in [-0.3, -0.25) is 4.79 Å². The second kappa shape index (κ2) is 11.2. The molecule has 0 spiro atoms. The number of hydrogen-bond donors (Lipinski definition) is 1. The molecule has 0 rings (SSSR count). The summed E-state index contributed by atoms with van der Waals surface area (Å²) in [7, 11) is 0. The quantitative estimate of drug-likeness (QED) is 0.336. The summed E-state index contributed by atoms with van der Waals surface area (Å²) in [6.45, 7) is 7.21. The van der Waals surface area contributed by atoms with E-state index in [1.807, 2.05) is 13.8 Å². The van der Waals surface area contributed by atoms with E-state index in [4.69, 9.17) is 19.3 Å². The lowest BCUT2D eigenvalue weighted by atomic mass is 10.0. The highest BCUT2D eigenvalue weighted by Gasteiger charge is 2.31. The number of rotatable bonds is 12. The molecule has 0 bridgehead atoms. The molecule has 5 nitrogen and oxygen atoms in total. The van der Waals surface area contributed by atoms with E-state index < -0.39 is 5.79 Å². The summed E-state index contributed by atoms with van der Waals surface area (Å²) in [5, 5.41) is 8.86. The zero-order valence-corrected chi connectivity index (χ0v) is 12.4. The third kappa shape index (κ3) is 8.18. The summed E-state index contributed by atoms with van der Waals surface area (Å²) in [5.41, 5.74) is 0. The van der Waals surface area contributed by atoms with Crippen LogP contribution in [-0.2, 0) is 19.0 Å². The SMILES string of the molecule is CCOC(=O)CCC(CCCCO)(OCC)OCC. The molecule has 0 aromatic rings. The van der Waals surface area contributed by atoms with Crippen LogP contribution in [0.25, 0.3) is 0 Å². The summed E-state index contributed by atoms with van der Waals surface area (Å²) in [6.07, 6.45) is 2.96. The van der Waals surface area contributed by atoms with Gasteiger partial charge in [-0.25, -0.2) is 0 Å². The maximum absolute atomic E-state index is 11.5. The average Bonchev–Trinajstić information content (AvgIpc) is 2.38. The molecule has 0 amide bonds. The monoisotopic (exact) mass is 276 g/mol. The minimum absolute atomic E-state index is 0.159. The van der Waals surface area contributed by atoms with Crippen LogP contribution < -0.4 is 0 Å². The Kier molecular flexibility index (Phi) is 10.8. The van der Waals surface area contributed by atoms with Crippen molar-refractivity contribution in [3.8, 4) is 0 Å². The van der Waals surface area contributed by atoms with Gasteiger partial charge in [-0.05, 0) is 33.6 Å². The molecule has 0 unspecified atom stereocenters. The molecule has 0 atom stereocenters. The number of carbonyl (C=O) groups is 1. The number of esters is 1. The Morgan fingerprint density at radius 3 is 2.11 bits per heavy atom. The molecule has 114 valence electrons. The number of hydrogen-bond acceptors (Lipinski definition) is 5. The second-order valence-electron chi connectivity index (χ2n) is 4.26. The van der Waals surface area contributed by atoms with E-state index in [2.05, 4.69) is 0 Å². The van der Waals surface area contributed by atoms with Crippen LogP contribution in [0.3, 0.4) is 0 Å². The molecule has 0 radical (unpaired) electrons. The summed E-state index contributed by atoms with van der Waals surface area (Å²) in [5.74, 6) is -0.959. The zero-order valence-electron chi connectivity index (χ0n) is 12.4. The van der Waals surface area contributed by atoms with Crippen molar-refractivity contribution >= 4 is 5.97 Å². The first kappa shape index (κ1) is 18.4. The van der Waals surface area contributed by atoms with Crippen molar-refractivity contribution < 1.29 is 24.1 Å². The van der Waals surface area contributed by atoms with Crippen molar-refractivity contribution in [2.75, 3.05) is 26.4 Å². The maximum Gasteiger partial charge on any atom is 0.305 e. The van der Waals surface area contributed by atoms with Crippen LogP contribution in [-0.4, -0.2) is 43.3 Å². The molecule has 19 heavy (non-hydrogen) atoms. The Morgan fingerprint density at radius 1 is 1.00 bits per heavy atom. The van der Waals surface area contributed by atoms with E-state index in [-0.39, 0.29) is 19.0 Å². The fourth-order valence-corrected chi connectivity index (χ4v) is 2.01. The highest BCUT2D eigenvalue weighted by atomic mass is 16.7.